The Bertz CT molecular complexity index is 431. The SMILES string of the molecule is COC(=O)c1cc(C(Cl)C(C)=O)ccc1Br. The third kappa shape index (κ3) is 2.83. The first-order chi connectivity index (χ1) is 7.47. The van der Waals surface area contributed by atoms with Crippen LogP contribution in [0.3, 0.4) is 0 Å². The first-order valence-corrected chi connectivity index (χ1v) is 5.72. The molecule has 0 aliphatic heterocycles. The van der Waals surface area contributed by atoms with Gasteiger partial charge in [0.15, 0.2) is 5.78 Å². The molecule has 5 heteroatoms. The second kappa shape index (κ2) is 5.46. The number of methoxy groups -OCH3 is 1. The Hall–Kier alpha value is -0.870. The molecule has 1 aromatic carbocycles. The number of ether oxygens (including phenoxy) is 1. The van der Waals surface area contributed by atoms with E-state index in [1.165, 1.54) is 14.0 Å². The maximum absolute atomic E-state index is 11.4. The molecule has 1 rings (SSSR count). The maximum atomic E-state index is 11.4. The van der Waals surface area contributed by atoms with Crippen molar-refractivity contribution in [2.24, 2.45) is 0 Å². The van der Waals surface area contributed by atoms with Crippen molar-refractivity contribution >= 4 is 39.3 Å². The van der Waals surface area contributed by atoms with E-state index in [2.05, 4.69) is 20.7 Å². The molecule has 0 heterocycles. The number of carbonyl (C=O) groups is 2. The summed E-state index contributed by atoms with van der Waals surface area (Å²) in [4.78, 5) is 22.5. The molecule has 0 aliphatic carbocycles. The van der Waals surface area contributed by atoms with Crippen molar-refractivity contribution in [3.63, 3.8) is 0 Å². The fourth-order valence-corrected chi connectivity index (χ4v) is 1.75. The molecular formula is C11H10BrClO3. The fourth-order valence-electron chi connectivity index (χ4n) is 1.20. The normalized spacial score (nSPS) is 12.0. The number of esters is 1. The molecule has 86 valence electrons. The molecule has 0 fully saturated rings. The highest BCUT2D eigenvalue weighted by Gasteiger charge is 2.17. The minimum Gasteiger partial charge on any atom is -0.465 e. The van der Waals surface area contributed by atoms with Crippen LogP contribution in [0.1, 0.15) is 28.2 Å². The minimum atomic E-state index is -0.739. The van der Waals surface area contributed by atoms with Gasteiger partial charge in [0, 0.05) is 4.47 Å². The van der Waals surface area contributed by atoms with Gasteiger partial charge in [-0.15, -0.1) is 11.6 Å². The minimum absolute atomic E-state index is 0.167. The summed E-state index contributed by atoms with van der Waals surface area (Å²) in [7, 11) is 1.30. The van der Waals surface area contributed by atoms with Crippen LogP contribution >= 0.6 is 27.5 Å². The first kappa shape index (κ1) is 13.2. The molecule has 0 aromatic heterocycles. The molecule has 0 bridgehead atoms. The first-order valence-electron chi connectivity index (χ1n) is 4.49. The lowest BCUT2D eigenvalue weighted by atomic mass is 10.1. The van der Waals surface area contributed by atoms with Crippen LogP contribution in [0.15, 0.2) is 22.7 Å². The lowest BCUT2D eigenvalue weighted by Crippen LogP contribution is -2.06. The standard InChI is InChI=1S/C11H10BrClO3/c1-6(14)10(13)7-3-4-9(12)8(5-7)11(15)16-2/h3-5,10H,1-2H3. The molecule has 0 aliphatic rings. The molecule has 0 saturated heterocycles. The molecule has 1 atom stereocenters. The summed E-state index contributed by atoms with van der Waals surface area (Å²) in [5, 5.41) is -0.739. The second-order valence-electron chi connectivity index (χ2n) is 3.20. The van der Waals surface area contributed by atoms with Crippen LogP contribution in [0.4, 0.5) is 0 Å². The topological polar surface area (TPSA) is 43.4 Å². The van der Waals surface area contributed by atoms with Crippen molar-refractivity contribution in [2.75, 3.05) is 7.11 Å². The predicted octanol–water partition coefficient (Wildman–Crippen LogP) is 3.10. The molecule has 0 spiro atoms. The molecule has 16 heavy (non-hydrogen) atoms. The summed E-state index contributed by atoms with van der Waals surface area (Å²) in [6.45, 7) is 1.40. The molecule has 0 N–H and O–H groups in total. The average molecular weight is 306 g/mol. The number of hydrogen-bond donors (Lipinski definition) is 0. The average Bonchev–Trinajstić information content (AvgIpc) is 2.27. The third-order valence-electron chi connectivity index (χ3n) is 2.05. The van der Waals surface area contributed by atoms with Gasteiger partial charge < -0.3 is 4.74 Å². The van der Waals surface area contributed by atoms with Gasteiger partial charge in [-0.3, -0.25) is 4.79 Å². The van der Waals surface area contributed by atoms with Gasteiger partial charge in [0.05, 0.1) is 12.7 Å². The molecule has 1 unspecified atom stereocenters. The van der Waals surface area contributed by atoms with Crippen LogP contribution in [-0.4, -0.2) is 18.9 Å². The van der Waals surface area contributed by atoms with Crippen LogP contribution in [0.5, 0.6) is 0 Å². The summed E-state index contributed by atoms with van der Waals surface area (Å²) in [5.74, 6) is -0.638. The number of alkyl halides is 1. The van der Waals surface area contributed by atoms with Gasteiger partial charge in [-0.25, -0.2) is 4.79 Å². The molecule has 1 aromatic rings. The fraction of sp³-hybridized carbons (Fsp3) is 0.273. The van der Waals surface area contributed by atoms with E-state index in [9.17, 15) is 9.59 Å². The van der Waals surface area contributed by atoms with E-state index in [4.69, 9.17) is 11.6 Å². The number of carbonyl (C=O) groups excluding carboxylic acids is 2. The quantitative estimate of drug-likeness (QED) is 0.636. The van der Waals surface area contributed by atoms with Gasteiger partial charge in [0.25, 0.3) is 0 Å². The Balaban J connectivity index is 3.17. The van der Waals surface area contributed by atoms with Crippen molar-refractivity contribution in [2.45, 2.75) is 12.3 Å². The predicted molar refractivity (Wildman–Crippen MR) is 64.8 cm³/mol. The van der Waals surface area contributed by atoms with Gasteiger partial charge in [0.1, 0.15) is 5.38 Å². The summed E-state index contributed by atoms with van der Waals surface area (Å²) >= 11 is 9.13. The van der Waals surface area contributed by atoms with E-state index in [0.29, 0.717) is 15.6 Å². The van der Waals surface area contributed by atoms with Gasteiger partial charge in [-0.2, -0.15) is 0 Å². The Morgan fingerprint density at radius 1 is 1.44 bits per heavy atom. The van der Waals surface area contributed by atoms with Gasteiger partial charge in [0.2, 0.25) is 0 Å². The Morgan fingerprint density at radius 3 is 2.56 bits per heavy atom. The van der Waals surface area contributed by atoms with Crippen molar-refractivity contribution in [1.82, 2.24) is 0 Å². The number of Topliss-reactive ketones (excluding diaryl/α,β-unsaturated/α-hetero) is 1. The number of hydrogen-bond acceptors (Lipinski definition) is 3. The van der Waals surface area contributed by atoms with Crippen LogP contribution in [-0.2, 0) is 9.53 Å². The van der Waals surface area contributed by atoms with E-state index >= 15 is 0 Å². The van der Waals surface area contributed by atoms with Crippen LogP contribution in [0.2, 0.25) is 0 Å². The molecular weight excluding hydrogens is 295 g/mol. The number of rotatable bonds is 3. The van der Waals surface area contributed by atoms with Gasteiger partial charge in [-0.1, -0.05) is 6.07 Å². The van der Waals surface area contributed by atoms with Crippen molar-refractivity contribution in [3.8, 4) is 0 Å². The number of halogens is 2. The van der Waals surface area contributed by atoms with Crippen molar-refractivity contribution in [3.05, 3.63) is 33.8 Å². The summed E-state index contributed by atoms with van der Waals surface area (Å²) < 4.78 is 5.22. The molecule has 3 nitrogen and oxygen atoms in total. The highest BCUT2D eigenvalue weighted by atomic mass is 79.9. The summed E-state index contributed by atoms with van der Waals surface area (Å²) in [5.41, 5.74) is 0.935. The molecule has 0 radical (unpaired) electrons. The molecule has 0 saturated carbocycles. The van der Waals surface area contributed by atoms with Crippen LogP contribution < -0.4 is 0 Å². The van der Waals surface area contributed by atoms with E-state index in [1.54, 1.807) is 18.2 Å². The van der Waals surface area contributed by atoms with E-state index in [0.717, 1.165) is 0 Å². The zero-order valence-corrected chi connectivity index (χ0v) is 11.1. The number of benzene rings is 1. The lowest BCUT2D eigenvalue weighted by molar-refractivity contribution is -0.116. The Morgan fingerprint density at radius 2 is 2.06 bits per heavy atom. The zero-order valence-electron chi connectivity index (χ0n) is 8.79. The lowest BCUT2D eigenvalue weighted by Gasteiger charge is -2.09. The highest BCUT2D eigenvalue weighted by molar-refractivity contribution is 9.10. The third-order valence-corrected chi connectivity index (χ3v) is 3.30. The smallest absolute Gasteiger partial charge is 0.339 e. The van der Waals surface area contributed by atoms with Gasteiger partial charge in [-0.05, 0) is 40.5 Å². The van der Waals surface area contributed by atoms with Gasteiger partial charge >= 0.3 is 5.97 Å². The van der Waals surface area contributed by atoms with Crippen LogP contribution in [0, 0.1) is 0 Å². The van der Waals surface area contributed by atoms with E-state index < -0.39 is 11.3 Å². The highest BCUT2D eigenvalue weighted by Crippen LogP contribution is 2.26. The Kier molecular flexibility index (Phi) is 4.50. The van der Waals surface area contributed by atoms with E-state index in [1.807, 2.05) is 0 Å². The zero-order chi connectivity index (χ0) is 12.3. The molecule has 0 amide bonds. The second-order valence-corrected chi connectivity index (χ2v) is 4.49. The number of ketones is 1. The van der Waals surface area contributed by atoms with Crippen molar-refractivity contribution in [1.29, 1.82) is 0 Å². The maximum Gasteiger partial charge on any atom is 0.339 e. The largest absolute Gasteiger partial charge is 0.465 e. The van der Waals surface area contributed by atoms with Crippen molar-refractivity contribution < 1.29 is 14.3 Å². The van der Waals surface area contributed by atoms with Crippen LogP contribution in [0.25, 0.3) is 0 Å². The monoisotopic (exact) mass is 304 g/mol. The van der Waals surface area contributed by atoms with E-state index in [-0.39, 0.29) is 5.78 Å². The summed E-state index contributed by atoms with van der Waals surface area (Å²) in [6, 6.07) is 4.91. The summed E-state index contributed by atoms with van der Waals surface area (Å²) in [6.07, 6.45) is 0. The Labute approximate surface area is 107 Å².